The highest BCUT2D eigenvalue weighted by Gasteiger charge is 2.19. The van der Waals surface area contributed by atoms with E-state index in [2.05, 4.69) is 21.6 Å². The van der Waals surface area contributed by atoms with E-state index in [0.29, 0.717) is 0 Å². The fourth-order valence-corrected chi connectivity index (χ4v) is 2.54. The second-order valence-corrected chi connectivity index (χ2v) is 4.53. The molecule has 1 aromatic heterocycles. The largest absolute Gasteiger partial charge is 0.492 e. The molecule has 5 heteroatoms. The minimum atomic E-state index is 0.768. The number of benzene rings is 1. The topological polar surface area (TPSA) is 47.0 Å². The number of nitrogens with one attached hydrogen (secondary N) is 1. The summed E-state index contributed by atoms with van der Waals surface area (Å²) in [4.78, 5) is 0. The van der Waals surface area contributed by atoms with Gasteiger partial charge >= 0.3 is 0 Å². The lowest BCUT2D eigenvalue weighted by Crippen LogP contribution is -1.88. The predicted molar refractivity (Wildman–Crippen MR) is 64.1 cm³/mol. The zero-order valence-corrected chi connectivity index (χ0v) is 9.67. The van der Waals surface area contributed by atoms with Crippen LogP contribution in [0.1, 0.15) is 5.56 Å². The van der Waals surface area contributed by atoms with E-state index >= 15 is 0 Å². The lowest BCUT2D eigenvalue weighted by Gasteiger charge is -2.03. The van der Waals surface area contributed by atoms with Crippen LogP contribution in [0.15, 0.2) is 18.2 Å². The van der Waals surface area contributed by atoms with Crippen LogP contribution in [0.5, 0.6) is 5.75 Å². The Morgan fingerprint density at radius 1 is 1.38 bits per heavy atom. The van der Waals surface area contributed by atoms with Crippen LogP contribution in [0.4, 0.5) is 5.13 Å². The molecule has 0 fully saturated rings. The smallest absolute Gasteiger partial charge is 0.205 e. The summed E-state index contributed by atoms with van der Waals surface area (Å²) >= 11 is 1.54. The van der Waals surface area contributed by atoms with Gasteiger partial charge in [-0.1, -0.05) is 23.5 Å². The molecule has 0 saturated heterocycles. The number of nitrogens with zero attached hydrogens (tertiary/aromatic N) is 2. The van der Waals surface area contributed by atoms with Crippen molar-refractivity contribution in [2.75, 3.05) is 19.0 Å². The molecule has 1 aliphatic heterocycles. The maximum Gasteiger partial charge on any atom is 0.205 e. The zero-order chi connectivity index (χ0) is 11.0. The summed E-state index contributed by atoms with van der Waals surface area (Å²) in [5, 5.41) is 12.9. The molecule has 0 bridgehead atoms. The molecule has 16 heavy (non-hydrogen) atoms. The first kappa shape index (κ1) is 9.59. The van der Waals surface area contributed by atoms with Gasteiger partial charge in [0, 0.05) is 13.5 Å². The van der Waals surface area contributed by atoms with E-state index < -0.39 is 0 Å². The number of hydrogen-bond donors (Lipinski definition) is 1. The predicted octanol–water partition coefficient (Wildman–Crippen LogP) is 2.18. The van der Waals surface area contributed by atoms with E-state index in [-0.39, 0.29) is 0 Å². The van der Waals surface area contributed by atoms with E-state index in [4.69, 9.17) is 4.74 Å². The van der Waals surface area contributed by atoms with E-state index in [9.17, 15) is 0 Å². The normalized spacial score (nSPS) is 13.3. The van der Waals surface area contributed by atoms with Crippen molar-refractivity contribution in [2.24, 2.45) is 0 Å². The van der Waals surface area contributed by atoms with E-state index in [1.807, 2.05) is 19.2 Å². The average Bonchev–Trinajstić information content (AvgIpc) is 2.97. The summed E-state index contributed by atoms with van der Waals surface area (Å²) < 4.78 is 5.65. The molecular weight excluding hydrogens is 222 g/mol. The number of ether oxygens (including phenoxy) is 1. The van der Waals surface area contributed by atoms with Crippen LogP contribution in [0.25, 0.3) is 10.6 Å². The summed E-state index contributed by atoms with van der Waals surface area (Å²) in [6, 6.07) is 6.18. The Morgan fingerprint density at radius 3 is 3.12 bits per heavy atom. The van der Waals surface area contributed by atoms with Gasteiger partial charge in [0.05, 0.1) is 12.2 Å². The van der Waals surface area contributed by atoms with Gasteiger partial charge in [0.15, 0.2) is 5.01 Å². The molecule has 0 amide bonds. The summed E-state index contributed by atoms with van der Waals surface area (Å²) in [6.07, 6.45) is 0.987. The van der Waals surface area contributed by atoms with Crippen LogP contribution >= 0.6 is 11.3 Å². The van der Waals surface area contributed by atoms with Crippen LogP contribution in [0.2, 0.25) is 0 Å². The molecule has 4 nitrogen and oxygen atoms in total. The standard InChI is InChI=1S/C11H11N3OS/c1-12-11-14-13-10(16-11)8-4-2-3-7-5-6-15-9(7)8/h2-4H,5-6H2,1H3,(H,12,14). The Bertz CT molecular complexity index is 524. The van der Waals surface area contributed by atoms with Crippen molar-refractivity contribution in [1.82, 2.24) is 10.2 Å². The lowest BCUT2D eigenvalue weighted by atomic mass is 10.1. The molecule has 1 aromatic carbocycles. The fourth-order valence-electron chi connectivity index (χ4n) is 1.82. The molecule has 1 N–H and O–H groups in total. The van der Waals surface area contributed by atoms with Crippen LogP contribution in [0, 0.1) is 0 Å². The maximum absolute atomic E-state index is 5.65. The average molecular weight is 233 g/mol. The van der Waals surface area contributed by atoms with Crippen LogP contribution in [-0.2, 0) is 6.42 Å². The Morgan fingerprint density at radius 2 is 2.31 bits per heavy atom. The molecule has 3 rings (SSSR count). The summed E-state index contributed by atoms with van der Waals surface area (Å²) in [5.74, 6) is 0.973. The number of anilines is 1. The molecule has 0 unspecified atom stereocenters. The molecule has 0 aliphatic carbocycles. The second-order valence-electron chi connectivity index (χ2n) is 3.55. The van der Waals surface area contributed by atoms with Gasteiger partial charge in [0.25, 0.3) is 0 Å². The monoisotopic (exact) mass is 233 g/mol. The van der Waals surface area contributed by atoms with Crippen LogP contribution in [0.3, 0.4) is 0 Å². The van der Waals surface area contributed by atoms with Gasteiger partial charge in [-0.25, -0.2) is 0 Å². The van der Waals surface area contributed by atoms with Gasteiger partial charge in [-0.2, -0.15) is 0 Å². The van der Waals surface area contributed by atoms with Gasteiger partial charge in [-0.15, -0.1) is 10.2 Å². The van der Waals surface area contributed by atoms with Gasteiger partial charge < -0.3 is 10.1 Å². The fraction of sp³-hybridized carbons (Fsp3) is 0.273. The molecule has 0 saturated carbocycles. The van der Waals surface area contributed by atoms with E-state index in [0.717, 1.165) is 34.5 Å². The second kappa shape index (κ2) is 3.75. The number of fused-ring (bicyclic) bond motifs is 1. The van der Waals surface area contributed by atoms with E-state index in [1.165, 1.54) is 16.9 Å². The summed E-state index contributed by atoms with van der Waals surface area (Å²) in [5.41, 5.74) is 2.31. The highest BCUT2D eigenvalue weighted by molar-refractivity contribution is 7.18. The molecule has 0 spiro atoms. The third-order valence-electron chi connectivity index (χ3n) is 2.58. The number of aromatic nitrogens is 2. The highest BCUT2D eigenvalue weighted by atomic mass is 32.1. The molecule has 0 atom stereocenters. The molecule has 1 aliphatic rings. The van der Waals surface area contributed by atoms with Crippen molar-refractivity contribution in [3.05, 3.63) is 23.8 Å². The molecular formula is C11H11N3OS. The molecule has 2 heterocycles. The summed E-state index contributed by atoms with van der Waals surface area (Å²) in [6.45, 7) is 0.768. The van der Waals surface area contributed by atoms with Crippen LogP contribution in [-0.4, -0.2) is 23.9 Å². The number of para-hydroxylation sites is 1. The molecule has 2 aromatic rings. The zero-order valence-electron chi connectivity index (χ0n) is 8.86. The number of rotatable bonds is 2. The van der Waals surface area contributed by atoms with Crippen molar-refractivity contribution in [3.63, 3.8) is 0 Å². The maximum atomic E-state index is 5.65. The van der Waals surface area contributed by atoms with Gasteiger partial charge in [0.1, 0.15) is 5.75 Å². The quantitative estimate of drug-likeness (QED) is 0.863. The first-order chi connectivity index (χ1) is 7.88. The Balaban J connectivity index is 2.09. The van der Waals surface area contributed by atoms with Gasteiger partial charge in [-0.05, 0) is 11.6 Å². The number of hydrogen-bond acceptors (Lipinski definition) is 5. The highest BCUT2D eigenvalue weighted by Crippen LogP contribution is 2.38. The third kappa shape index (κ3) is 1.44. The Kier molecular flexibility index (Phi) is 2.25. The van der Waals surface area contributed by atoms with E-state index in [1.54, 1.807) is 0 Å². The molecule has 82 valence electrons. The van der Waals surface area contributed by atoms with Crippen molar-refractivity contribution in [3.8, 4) is 16.3 Å². The van der Waals surface area contributed by atoms with Crippen molar-refractivity contribution < 1.29 is 4.74 Å². The SMILES string of the molecule is CNc1nnc(-c2cccc3c2OCC3)s1. The van der Waals surface area contributed by atoms with Crippen LogP contribution < -0.4 is 10.1 Å². The van der Waals surface area contributed by atoms with Crippen molar-refractivity contribution in [2.45, 2.75) is 6.42 Å². The first-order valence-corrected chi connectivity index (χ1v) is 5.96. The Hall–Kier alpha value is -1.62. The third-order valence-corrected chi connectivity index (χ3v) is 3.56. The first-order valence-electron chi connectivity index (χ1n) is 5.15. The van der Waals surface area contributed by atoms with Crippen molar-refractivity contribution >= 4 is 16.5 Å². The van der Waals surface area contributed by atoms with Crippen molar-refractivity contribution in [1.29, 1.82) is 0 Å². The molecule has 0 radical (unpaired) electrons. The lowest BCUT2D eigenvalue weighted by molar-refractivity contribution is 0.358. The summed E-state index contributed by atoms with van der Waals surface area (Å²) in [7, 11) is 1.84. The Labute approximate surface area is 97.3 Å². The minimum Gasteiger partial charge on any atom is -0.492 e. The minimum absolute atomic E-state index is 0.768. The van der Waals surface area contributed by atoms with Gasteiger partial charge in [-0.3, -0.25) is 0 Å². The van der Waals surface area contributed by atoms with Gasteiger partial charge in [0.2, 0.25) is 5.13 Å².